The van der Waals surface area contributed by atoms with Crippen molar-refractivity contribution >= 4 is 37.7 Å². The quantitative estimate of drug-likeness (QED) is 0.779. The Bertz CT molecular complexity index is 733. The van der Waals surface area contributed by atoms with Gasteiger partial charge in [-0.05, 0) is 30.5 Å². The van der Waals surface area contributed by atoms with Gasteiger partial charge in [0.1, 0.15) is 5.54 Å². The summed E-state index contributed by atoms with van der Waals surface area (Å²) in [4.78, 5) is 25.9. The molecule has 2 fully saturated rings. The smallest absolute Gasteiger partial charge is 0.323 e. The molecule has 0 saturated carbocycles. The summed E-state index contributed by atoms with van der Waals surface area (Å²) in [6.07, 6.45) is 0.295. The van der Waals surface area contributed by atoms with Gasteiger partial charge in [0.25, 0.3) is 5.91 Å². The van der Waals surface area contributed by atoms with Crippen molar-refractivity contribution < 1.29 is 18.0 Å². The maximum absolute atomic E-state index is 12.6. The molecule has 3 rings (SSSR count). The average Bonchev–Trinajstić information content (AvgIpc) is 2.68. The van der Waals surface area contributed by atoms with Crippen LogP contribution in [0.3, 0.4) is 0 Å². The van der Waals surface area contributed by atoms with Crippen LogP contribution in [-0.2, 0) is 21.2 Å². The predicted molar refractivity (Wildman–Crippen MR) is 83.8 cm³/mol. The summed E-state index contributed by atoms with van der Waals surface area (Å²) >= 11 is 3.35. The second kappa shape index (κ2) is 5.34. The number of hydrogen-bond donors (Lipinski definition) is 1. The number of carbonyl (C=O) groups is 2. The summed E-state index contributed by atoms with van der Waals surface area (Å²) in [7, 11) is -3.10. The molecular weight excluding hydrogens is 372 g/mol. The molecule has 1 N–H and O–H groups in total. The number of carbonyl (C=O) groups excluding carboxylic acids is 2. The highest BCUT2D eigenvalue weighted by atomic mass is 79.9. The fraction of sp³-hybridized carbons (Fsp3) is 0.429. The summed E-state index contributed by atoms with van der Waals surface area (Å²) in [5.74, 6) is -0.458. The normalized spacial score (nSPS) is 22.9. The van der Waals surface area contributed by atoms with Crippen molar-refractivity contribution in [3.05, 3.63) is 34.3 Å². The molecule has 1 spiro atoms. The lowest BCUT2D eigenvalue weighted by atomic mass is 9.92. The van der Waals surface area contributed by atoms with Crippen molar-refractivity contribution in [1.82, 2.24) is 10.2 Å². The summed E-state index contributed by atoms with van der Waals surface area (Å²) < 4.78 is 24.0. The van der Waals surface area contributed by atoms with Crippen molar-refractivity contribution in [3.63, 3.8) is 0 Å². The van der Waals surface area contributed by atoms with E-state index in [0.29, 0.717) is 0 Å². The van der Waals surface area contributed by atoms with Gasteiger partial charge in [-0.15, -0.1) is 0 Å². The highest BCUT2D eigenvalue weighted by Gasteiger charge is 2.53. The summed E-state index contributed by atoms with van der Waals surface area (Å²) in [5.41, 5.74) is -0.215. The highest BCUT2D eigenvalue weighted by Crippen LogP contribution is 2.31. The third kappa shape index (κ3) is 2.77. The number of halogens is 1. The lowest BCUT2D eigenvalue weighted by molar-refractivity contribution is -0.132. The van der Waals surface area contributed by atoms with Gasteiger partial charge in [-0.1, -0.05) is 28.1 Å². The highest BCUT2D eigenvalue weighted by molar-refractivity contribution is 9.10. The average molecular weight is 387 g/mol. The van der Waals surface area contributed by atoms with E-state index in [1.807, 2.05) is 24.3 Å². The van der Waals surface area contributed by atoms with Gasteiger partial charge in [0.15, 0.2) is 9.84 Å². The maximum Gasteiger partial charge on any atom is 0.325 e. The number of rotatable bonds is 2. The molecule has 22 heavy (non-hydrogen) atoms. The van der Waals surface area contributed by atoms with Gasteiger partial charge in [-0.2, -0.15) is 0 Å². The van der Waals surface area contributed by atoms with Crippen LogP contribution in [-0.4, -0.2) is 42.3 Å². The van der Waals surface area contributed by atoms with Gasteiger partial charge in [0.2, 0.25) is 0 Å². The first-order chi connectivity index (χ1) is 10.3. The van der Waals surface area contributed by atoms with E-state index >= 15 is 0 Å². The van der Waals surface area contributed by atoms with Crippen LogP contribution in [0.4, 0.5) is 4.79 Å². The maximum atomic E-state index is 12.6. The molecule has 2 aliphatic rings. The number of nitrogens with zero attached hydrogens (tertiary/aromatic N) is 1. The van der Waals surface area contributed by atoms with Crippen LogP contribution in [0.1, 0.15) is 18.4 Å². The molecule has 118 valence electrons. The first-order valence-electron chi connectivity index (χ1n) is 6.90. The van der Waals surface area contributed by atoms with Crippen LogP contribution in [0.15, 0.2) is 28.7 Å². The minimum absolute atomic E-state index is 0.0657. The minimum atomic E-state index is -3.10. The topological polar surface area (TPSA) is 83.5 Å². The Morgan fingerprint density at radius 1 is 1.23 bits per heavy atom. The number of imide groups is 1. The standard InChI is InChI=1S/C14H15BrN2O4S/c15-11-3-1-2-10(8-11)9-17-12(18)14(16-13(17)19)4-6-22(20,21)7-5-14/h1-3,8H,4-7,9H2,(H,16,19). The molecule has 2 heterocycles. The molecule has 0 bridgehead atoms. The number of sulfone groups is 1. The zero-order valence-corrected chi connectivity index (χ0v) is 14.1. The third-order valence-corrected chi connectivity index (χ3v) is 6.30. The number of nitrogens with one attached hydrogen (secondary N) is 1. The minimum Gasteiger partial charge on any atom is -0.323 e. The van der Waals surface area contributed by atoms with Crippen LogP contribution >= 0.6 is 15.9 Å². The summed E-state index contributed by atoms with van der Waals surface area (Å²) in [6.45, 7) is 0.179. The molecule has 0 aliphatic carbocycles. The predicted octanol–water partition coefficient (Wildman–Crippen LogP) is 1.45. The van der Waals surface area contributed by atoms with E-state index in [2.05, 4.69) is 21.2 Å². The third-order valence-electron chi connectivity index (χ3n) is 4.16. The first-order valence-corrected chi connectivity index (χ1v) is 9.52. The number of hydrogen-bond acceptors (Lipinski definition) is 4. The Labute approximate surface area is 136 Å². The second-order valence-corrected chi connectivity index (χ2v) is 8.90. The van der Waals surface area contributed by atoms with Gasteiger partial charge >= 0.3 is 6.03 Å². The molecule has 0 unspecified atom stereocenters. The zero-order chi connectivity index (χ0) is 16.0. The second-order valence-electron chi connectivity index (χ2n) is 5.69. The van der Waals surface area contributed by atoms with Crippen molar-refractivity contribution in [2.45, 2.75) is 24.9 Å². The van der Waals surface area contributed by atoms with Crippen molar-refractivity contribution in [3.8, 4) is 0 Å². The molecule has 6 nitrogen and oxygen atoms in total. The first kappa shape index (κ1) is 15.5. The summed E-state index contributed by atoms with van der Waals surface area (Å²) in [5, 5.41) is 2.70. The Kier molecular flexibility index (Phi) is 3.76. The van der Waals surface area contributed by atoms with E-state index in [-0.39, 0.29) is 36.8 Å². The molecule has 1 aromatic carbocycles. The fourth-order valence-electron chi connectivity index (χ4n) is 2.86. The van der Waals surface area contributed by atoms with Gasteiger partial charge in [0, 0.05) is 4.47 Å². The lowest BCUT2D eigenvalue weighted by Gasteiger charge is -2.30. The summed E-state index contributed by atoms with van der Waals surface area (Å²) in [6, 6.07) is 6.92. The lowest BCUT2D eigenvalue weighted by Crippen LogP contribution is -2.52. The van der Waals surface area contributed by atoms with Gasteiger partial charge in [-0.25, -0.2) is 13.2 Å². The molecule has 0 aromatic heterocycles. The Hall–Kier alpha value is -1.41. The van der Waals surface area contributed by atoms with Crippen LogP contribution < -0.4 is 5.32 Å². The Balaban J connectivity index is 1.80. The van der Waals surface area contributed by atoms with Crippen LogP contribution in [0.5, 0.6) is 0 Å². The molecule has 2 aliphatic heterocycles. The molecular formula is C14H15BrN2O4S. The molecule has 2 saturated heterocycles. The van der Waals surface area contributed by atoms with E-state index in [4.69, 9.17) is 0 Å². The number of benzene rings is 1. The molecule has 3 amide bonds. The largest absolute Gasteiger partial charge is 0.325 e. The van der Waals surface area contributed by atoms with Gasteiger partial charge in [-0.3, -0.25) is 9.69 Å². The van der Waals surface area contributed by atoms with E-state index in [0.717, 1.165) is 10.0 Å². The van der Waals surface area contributed by atoms with Crippen LogP contribution in [0.2, 0.25) is 0 Å². The Morgan fingerprint density at radius 3 is 2.55 bits per heavy atom. The Morgan fingerprint density at radius 2 is 1.91 bits per heavy atom. The van der Waals surface area contributed by atoms with E-state index in [9.17, 15) is 18.0 Å². The molecule has 8 heteroatoms. The molecule has 0 radical (unpaired) electrons. The molecule has 0 atom stereocenters. The van der Waals surface area contributed by atoms with Gasteiger partial charge in [0.05, 0.1) is 18.1 Å². The van der Waals surface area contributed by atoms with E-state index < -0.39 is 21.4 Å². The van der Waals surface area contributed by atoms with Crippen molar-refractivity contribution in [2.75, 3.05) is 11.5 Å². The fourth-order valence-corrected chi connectivity index (χ4v) is 4.83. The number of amides is 3. The number of urea groups is 1. The van der Waals surface area contributed by atoms with Crippen LogP contribution in [0.25, 0.3) is 0 Å². The van der Waals surface area contributed by atoms with Crippen molar-refractivity contribution in [2.24, 2.45) is 0 Å². The van der Waals surface area contributed by atoms with E-state index in [1.54, 1.807) is 0 Å². The zero-order valence-electron chi connectivity index (χ0n) is 11.7. The molecule has 1 aromatic rings. The van der Waals surface area contributed by atoms with Crippen molar-refractivity contribution in [1.29, 1.82) is 0 Å². The SMILES string of the molecule is O=C1NC2(CCS(=O)(=O)CC2)C(=O)N1Cc1cccc(Br)c1. The monoisotopic (exact) mass is 386 g/mol. The van der Waals surface area contributed by atoms with Crippen LogP contribution in [0, 0.1) is 0 Å². The van der Waals surface area contributed by atoms with E-state index in [1.165, 1.54) is 4.90 Å². The van der Waals surface area contributed by atoms with Gasteiger partial charge < -0.3 is 5.32 Å².